The fourth-order valence-electron chi connectivity index (χ4n) is 3.52. The molecule has 0 amide bonds. The van der Waals surface area contributed by atoms with Gasteiger partial charge < -0.3 is 4.74 Å². The molecule has 0 aliphatic carbocycles. The fourth-order valence-corrected chi connectivity index (χ4v) is 3.52. The first-order valence-corrected chi connectivity index (χ1v) is 7.89. The third-order valence-electron chi connectivity index (χ3n) is 4.56. The van der Waals surface area contributed by atoms with Gasteiger partial charge in [-0.3, -0.25) is 0 Å². The van der Waals surface area contributed by atoms with Crippen LogP contribution < -0.4 is 4.74 Å². The lowest BCUT2D eigenvalue weighted by molar-refractivity contribution is 0.357. The van der Waals surface area contributed by atoms with Gasteiger partial charge in [-0.2, -0.15) is 0 Å². The molecule has 0 N–H and O–H groups in total. The van der Waals surface area contributed by atoms with Crippen LogP contribution in [0.25, 0.3) is 34.1 Å². The molecule has 1 heterocycles. The minimum Gasteiger partial charge on any atom is -0.493 e. The molecule has 1 nitrogen and oxygen atoms in total. The van der Waals surface area contributed by atoms with Crippen LogP contribution in [0.3, 0.4) is 0 Å². The first-order chi connectivity index (χ1) is 11.3. The molecule has 0 atom stereocenters. The standard InChI is InChI=1S/C22H18O/c1-3-15-14-16-8-5-6-9-18(16)22(17(15)4-2)20-10-7-11-21-19(20)12-13-23-21/h3-11,14H,1-2,12-13H2. The molecule has 1 heteroatoms. The van der Waals surface area contributed by atoms with Gasteiger partial charge in [-0.05, 0) is 45.2 Å². The smallest absolute Gasteiger partial charge is 0.123 e. The number of hydrogen-bond donors (Lipinski definition) is 0. The molecule has 0 spiro atoms. The van der Waals surface area contributed by atoms with Gasteiger partial charge in [0.1, 0.15) is 5.75 Å². The van der Waals surface area contributed by atoms with Crippen molar-refractivity contribution in [2.24, 2.45) is 0 Å². The van der Waals surface area contributed by atoms with Gasteiger partial charge in [-0.25, -0.2) is 0 Å². The van der Waals surface area contributed by atoms with Gasteiger partial charge in [0.2, 0.25) is 0 Å². The number of rotatable bonds is 3. The highest BCUT2D eigenvalue weighted by molar-refractivity contribution is 6.04. The lowest BCUT2D eigenvalue weighted by Gasteiger charge is -2.16. The number of hydrogen-bond acceptors (Lipinski definition) is 1. The first kappa shape index (κ1) is 13.8. The third-order valence-corrected chi connectivity index (χ3v) is 4.56. The van der Waals surface area contributed by atoms with Crippen molar-refractivity contribution in [3.63, 3.8) is 0 Å². The van der Waals surface area contributed by atoms with Crippen LogP contribution in [0.5, 0.6) is 5.75 Å². The van der Waals surface area contributed by atoms with Crippen molar-refractivity contribution in [1.29, 1.82) is 0 Å². The molecule has 0 fully saturated rings. The van der Waals surface area contributed by atoms with E-state index in [1.807, 2.05) is 12.2 Å². The predicted octanol–water partition coefficient (Wildman–Crippen LogP) is 5.73. The molecule has 3 aromatic rings. The Morgan fingerprint density at radius 3 is 2.65 bits per heavy atom. The van der Waals surface area contributed by atoms with Gasteiger partial charge in [0.05, 0.1) is 6.61 Å². The van der Waals surface area contributed by atoms with Crippen molar-refractivity contribution in [2.75, 3.05) is 6.61 Å². The van der Waals surface area contributed by atoms with Gasteiger partial charge >= 0.3 is 0 Å². The molecule has 1 aliphatic rings. The summed E-state index contributed by atoms with van der Waals surface area (Å²) < 4.78 is 5.76. The van der Waals surface area contributed by atoms with E-state index >= 15 is 0 Å². The molecule has 23 heavy (non-hydrogen) atoms. The Morgan fingerprint density at radius 1 is 0.957 bits per heavy atom. The molecular weight excluding hydrogens is 280 g/mol. The summed E-state index contributed by atoms with van der Waals surface area (Å²) in [6.07, 6.45) is 4.80. The minimum atomic E-state index is 0.759. The Kier molecular flexibility index (Phi) is 3.27. The zero-order valence-electron chi connectivity index (χ0n) is 13.0. The lowest BCUT2D eigenvalue weighted by Crippen LogP contribution is -1.94. The van der Waals surface area contributed by atoms with E-state index in [0.717, 1.165) is 29.9 Å². The molecule has 1 aliphatic heterocycles. The highest BCUT2D eigenvalue weighted by Crippen LogP contribution is 2.41. The van der Waals surface area contributed by atoms with Crippen LogP contribution in [-0.4, -0.2) is 6.61 Å². The Labute approximate surface area is 136 Å². The van der Waals surface area contributed by atoms with Crippen LogP contribution >= 0.6 is 0 Å². The van der Waals surface area contributed by atoms with Crippen molar-refractivity contribution in [3.8, 4) is 16.9 Å². The summed E-state index contributed by atoms with van der Waals surface area (Å²) >= 11 is 0. The molecule has 0 radical (unpaired) electrons. The van der Waals surface area contributed by atoms with Crippen LogP contribution in [0.2, 0.25) is 0 Å². The summed E-state index contributed by atoms with van der Waals surface area (Å²) in [6.45, 7) is 8.79. The number of fused-ring (bicyclic) bond motifs is 2. The second-order valence-corrected chi connectivity index (χ2v) is 5.76. The largest absolute Gasteiger partial charge is 0.493 e. The van der Waals surface area contributed by atoms with Crippen molar-refractivity contribution in [1.82, 2.24) is 0 Å². The van der Waals surface area contributed by atoms with E-state index in [-0.39, 0.29) is 0 Å². The molecule has 0 saturated carbocycles. The van der Waals surface area contributed by atoms with Gasteiger partial charge in [0.25, 0.3) is 0 Å². The number of ether oxygens (including phenoxy) is 1. The van der Waals surface area contributed by atoms with Crippen molar-refractivity contribution in [3.05, 3.63) is 78.4 Å². The lowest BCUT2D eigenvalue weighted by atomic mass is 9.87. The monoisotopic (exact) mass is 298 g/mol. The highest BCUT2D eigenvalue weighted by Gasteiger charge is 2.20. The summed E-state index contributed by atoms with van der Waals surface area (Å²) in [5.41, 5.74) is 6.02. The average molecular weight is 298 g/mol. The second kappa shape index (κ2) is 5.44. The van der Waals surface area contributed by atoms with Crippen molar-refractivity contribution in [2.45, 2.75) is 6.42 Å². The molecule has 0 unspecified atom stereocenters. The van der Waals surface area contributed by atoms with Gasteiger partial charge in [-0.15, -0.1) is 0 Å². The Balaban J connectivity index is 2.16. The van der Waals surface area contributed by atoms with E-state index in [1.165, 1.54) is 27.5 Å². The fraction of sp³-hybridized carbons (Fsp3) is 0.0909. The maximum Gasteiger partial charge on any atom is 0.123 e. The molecular formula is C22H18O. The van der Waals surface area contributed by atoms with Crippen LogP contribution in [0.4, 0.5) is 0 Å². The molecule has 112 valence electrons. The topological polar surface area (TPSA) is 9.23 Å². The van der Waals surface area contributed by atoms with E-state index in [2.05, 4.69) is 61.7 Å². The normalized spacial score (nSPS) is 12.7. The molecule has 4 rings (SSSR count). The zero-order valence-corrected chi connectivity index (χ0v) is 13.0. The summed E-state index contributed by atoms with van der Waals surface area (Å²) in [7, 11) is 0. The van der Waals surface area contributed by atoms with Gasteiger partial charge in [0, 0.05) is 12.0 Å². The Hall–Kier alpha value is -2.80. The van der Waals surface area contributed by atoms with Crippen molar-refractivity contribution < 1.29 is 4.74 Å². The molecule has 0 bridgehead atoms. The molecule has 0 aromatic heterocycles. The summed E-state index contributed by atoms with van der Waals surface area (Å²) in [6, 6.07) is 17.0. The SMILES string of the molecule is C=Cc1cc2ccccc2c(-c2cccc3c2CCO3)c1C=C. The molecule has 3 aromatic carbocycles. The maximum atomic E-state index is 5.76. The van der Waals surface area contributed by atoms with Gasteiger partial charge in [0.15, 0.2) is 0 Å². The van der Waals surface area contributed by atoms with E-state index < -0.39 is 0 Å². The minimum absolute atomic E-state index is 0.759. The van der Waals surface area contributed by atoms with Crippen molar-refractivity contribution >= 4 is 22.9 Å². The third kappa shape index (κ3) is 2.08. The second-order valence-electron chi connectivity index (χ2n) is 5.76. The maximum absolute atomic E-state index is 5.76. The summed E-state index contributed by atoms with van der Waals surface area (Å²) in [5, 5.41) is 2.47. The Morgan fingerprint density at radius 2 is 1.83 bits per heavy atom. The Bertz CT molecular complexity index is 934. The average Bonchev–Trinajstić information content (AvgIpc) is 3.08. The van der Waals surface area contributed by atoms with Crippen LogP contribution in [0.1, 0.15) is 16.7 Å². The predicted molar refractivity (Wildman–Crippen MR) is 98.8 cm³/mol. The van der Waals surface area contributed by atoms with Gasteiger partial charge in [-0.1, -0.05) is 61.7 Å². The van der Waals surface area contributed by atoms with Crippen LogP contribution in [0, 0.1) is 0 Å². The summed E-state index contributed by atoms with van der Waals surface area (Å²) in [5.74, 6) is 1.01. The van der Waals surface area contributed by atoms with E-state index in [1.54, 1.807) is 0 Å². The number of benzene rings is 3. The zero-order chi connectivity index (χ0) is 15.8. The highest BCUT2D eigenvalue weighted by atomic mass is 16.5. The molecule has 0 saturated heterocycles. The quantitative estimate of drug-likeness (QED) is 0.600. The summed E-state index contributed by atoms with van der Waals surface area (Å²) in [4.78, 5) is 0. The van der Waals surface area contributed by atoms with Crippen LogP contribution in [0.15, 0.2) is 61.7 Å². The van der Waals surface area contributed by atoms with E-state index in [0.29, 0.717) is 0 Å². The van der Waals surface area contributed by atoms with E-state index in [4.69, 9.17) is 4.74 Å². The first-order valence-electron chi connectivity index (χ1n) is 7.89. The van der Waals surface area contributed by atoms with Crippen LogP contribution in [-0.2, 0) is 6.42 Å². The van der Waals surface area contributed by atoms with E-state index in [9.17, 15) is 0 Å².